The van der Waals surface area contributed by atoms with Crippen molar-refractivity contribution in [2.75, 3.05) is 13.6 Å². The number of likely N-dealkylation sites (tertiary alicyclic amines) is 1. The number of nitrogens with zero attached hydrogens (tertiary/aromatic N) is 2. The van der Waals surface area contributed by atoms with Crippen LogP contribution in [0.3, 0.4) is 0 Å². The second-order valence-electron chi connectivity index (χ2n) is 27.4. The Morgan fingerprint density at radius 3 is 1.14 bits per heavy atom. The van der Waals surface area contributed by atoms with Crippen LogP contribution in [0, 0.1) is 0 Å². The molecule has 310 valence electrons. The number of benzene rings is 15. The van der Waals surface area contributed by atoms with Crippen molar-refractivity contribution < 1.29 is 28.5 Å². The van der Waals surface area contributed by atoms with E-state index < -0.39 is 0 Å². The molecule has 7 atom stereocenters. The van der Waals surface area contributed by atoms with Gasteiger partial charge in [0.2, 0.25) is 0 Å². The van der Waals surface area contributed by atoms with Crippen molar-refractivity contribution >= 4 is 248 Å². The van der Waals surface area contributed by atoms with Crippen LogP contribution in [0.15, 0.2) is 24.5 Å². The molecule has 2 spiro atoms. The summed E-state index contributed by atoms with van der Waals surface area (Å²) in [5, 5.41) is 79.0. The molecule has 1 aromatic heterocycles. The van der Waals surface area contributed by atoms with Crippen molar-refractivity contribution in [1.82, 2.24) is 4.90 Å². The molecule has 1 saturated heterocycles. The minimum atomic E-state index is -0.120. The molecule has 8 aliphatic carbocycles. The predicted molar refractivity (Wildman–Crippen MR) is 291 cm³/mol. The Bertz CT molecular complexity index is 7240. The minimum absolute atomic E-state index is 0. The smallest absolute Gasteiger partial charge is 0.168 e. The molecule has 1 aliphatic heterocycles. The van der Waals surface area contributed by atoms with E-state index in [-0.39, 0.29) is 40.8 Å². The van der Waals surface area contributed by atoms with Gasteiger partial charge in [-0.05, 0) is 305 Å². The Morgan fingerprint density at radius 1 is 0.375 bits per heavy atom. The lowest BCUT2D eigenvalue weighted by Gasteiger charge is -2.58. The fourth-order valence-corrected chi connectivity index (χ4v) is 27.7. The molecule has 2 heterocycles. The normalized spacial score (nSPS) is 28.4. The summed E-state index contributed by atoms with van der Waals surface area (Å²) >= 11 is 0. The van der Waals surface area contributed by atoms with Gasteiger partial charge in [0.25, 0.3) is 0 Å². The molecule has 9 aliphatic rings. The standard InChI is InChI=1S/C69H17N2.HI/c1-70-5-3-8(4-6-70)67-69-65-59-53-43-31-23-15-11-9-10-13-17(15)25(31)35-29-21(13)22-14(10)18-16-12(9)20-19(11)27-33(23)41-47-37(27)38-28(20)34-24(16)32-26(18)36-30(22)40-39(29)51(45(35)53)61(65)62-52(40)46(36)54-44(32)50-42(34)48(38)56-55(47)63(57(59)49(41)43)68(69,7-71(67)2)64(56)58(50)60(54)66(62)69;/h3-6,51,61,64-65,67H,7H2,1-2H3;1H/q+1;/p-1. The first-order valence-corrected chi connectivity index (χ1v) is 27.1. The molecular formula is C69H17IN2. The maximum absolute atomic E-state index is 3.01. The lowest BCUT2D eigenvalue weighted by molar-refractivity contribution is -0.671. The number of likely N-dealkylation sites (N-methyl/N-ethyl adjacent to an activating group) is 1. The summed E-state index contributed by atoms with van der Waals surface area (Å²) in [5.74, 6) is 1.63. The summed E-state index contributed by atoms with van der Waals surface area (Å²) in [6.07, 6.45) is 4.80. The van der Waals surface area contributed by atoms with Crippen LogP contribution in [0.4, 0.5) is 0 Å². The summed E-state index contributed by atoms with van der Waals surface area (Å²) in [4.78, 5) is 3.01. The number of aryl methyl sites for hydroxylation is 1. The number of rotatable bonds is 1. The van der Waals surface area contributed by atoms with Gasteiger partial charge in [-0.3, -0.25) is 4.90 Å². The van der Waals surface area contributed by atoms with Crippen molar-refractivity contribution in [3.8, 4) is 0 Å². The van der Waals surface area contributed by atoms with Gasteiger partial charge in [0.1, 0.15) is 7.05 Å². The first-order valence-electron chi connectivity index (χ1n) is 27.1. The van der Waals surface area contributed by atoms with Gasteiger partial charge in [0.15, 0.2) is 12.4 Å². The molecule has 7 unspecified atom stereocenters. The van der Waals surface area contributed by atoms with E-state index in [2.05, 4.69) is 48.1 Å². The number of hydrogen-bond acceptors (Lipinski definition) is 1. The second-order valence-corrected chi connectivity index (χ2v) is 27.4. The predicted octanol–water partition coefficient (Wildman–Crippen LogP) is 13.0. The Morgan fingerprint density at radius 2 is 0.694 bits per heavy atom. The van der Waals surface area contributed by atoms with E-state index in [4.69, 9.17) is 0 Å². The summed E-state index contributed by atoms with van der Waals surface area (Å²) in [6.45, 7) is 1.13. The third-order valence-corrected chi connectivity index (χ3v) is 27.3. The average Bonchev–Trinajstić information content (AvgIpc) is 4.29. The first-order chi connectivity index (χ1) is 35.2. The van der Waals surface area contributed by atoms with Crippen LogP contribution < -0.4 is 28.5 Å². The summed E-state index contributed by atoms with van der Waals surface area (Å²) < 4.78 is 2.30. The molecular weight excluding hydrogens is 984 g/mol. The van der Waals surface area contributed by atoms with Gasteiger partial charge in [-0.25, -0.2) is 4.57 Å². The molecule has 25 aromatic rings. The average molecular weight is 1000 g/mol. The number of pyridine rings is 1. The molecule has 34 rings (SSSR count). The van der Waals surface area contributed by atoms with Crippen molar-refractivity contribution in [3.63, 3.8) is 0 Å². The van der Waals surface area contributed by atoms with Crippen LogP contribution >= 0.6 is 0 Å². The second kappa shape index (κ2) is 6.57. The van der Waals surface area contributed by atoms with Gasteiger partial charge in [0.05, 0.1) is 0 Å². The highest BCUT2D eigenvalue weighted by molar-refractivity contribution is 6.78. The van der Waals surface area contributed by atoms with Gasteiger partial charge in [-0.15, -0.1) is 0 Å². The minimum Gasteiger partial charge on any atom is -1.00 e. The Balaban J connectivity index is 0.00000321. The molecule has 2 nitrogen and oxygen atoms in total. The quantitative estimate of drug-likeness (QED) is 0.0903. The maximum atomic E-state index is 3.01. The lowest BCUT2D eigenvalue weighted by Crippen LogP contribution is -3.00. The van der Waals surface area contributed by atoms with Crippen molar-refractivity contribution in [3.05, 3.63) is 74.6 Å². The highest BCUT2D eigenvalue weighted by atomic mass is 127. The molecule has 0 saturated carbocycles. The zero-order chi connectivity index (χ0) is 42.3. The molecule has 24 aromatic carbocycles. The van der Waals surface area contributed by atoms with E-state index in [1.165, 1.54) is 0 Å². The molecule has 0 bridgehead atoms. The fourth-order valence-electron chi connectivity index (χ4n) is 27.7. The zero-order valence-corrected chi connectivity index (χ0v) is 39.8. The highest BCUT2D eigenvalue weighted by Gasteiger charge is 2.82. The van der Waals surface area contributed by atoms with E-state index in [1.54, 1.807) is 253 Å². The van der Waals surface area contributed by atoms with Gasteiger partial charge in [-0.1, -0.05) is 0 Å². The monoisotopic (exact) mass is 1000 g/mol. The number of aromatic nitrogens is 1. The molecule has 72 heavy (non-hydrogen) atoms. The van der Waals surface area contributed by atoms with E-state index >= 15 is 0 Å². The third kappa shape index (κ3) is 1.54. The number of halogens is 1. The topological polar surface area (TPSA) is 7.12 Å². The van der Waals surface area contributed by atoms with Crippen LogP contribution in [0.1, 0.15) is 79.8 Å². The van der Waals surface area contributed by atoms with E-state index in [1.807, 2.05) is 44.5 Å². The van der Waals surface area contributed by atoms with Crippen molar-refractivity contribution in [2.45, 2.75) is 40.5 Å². The highest BCUT2D eigenvalue weighted by Crippen LogP contribution is 2.92. The summed E-state index contributed by atoms with van der Waals surface area (Å²) in [6, 6.07) is 5.45. The van der Waals surface area contributed by atoms with Gasteiger partial charge in [-0.2, -0.15) is 0 Å². The first kappa shape index (κ1) is 28.8. The Hall–Kier alpha value is -7.18. The molecule has 0 amide bonds. The summed E-state index contributed by atoms with van der Waals surface area (Å²) in [7, 11) is 4.85. The Kier molecular flexibility index (Phi) is 2.62. The lowest BCUT2D eigenvalue weighted by atomic mass is 9.41. The van der Waals surface area contributed by atoms with Crippen LogP contribution in [-0.2, 0) is 17.9 Å². The van der Waals surface area contributed by atoms with Gasteiger partial charge >= 0.3 is 0 Å². The van der Waals surface area contributed by atoms with E-state index in [9.17, 15) is 0 Å². The van der Waals surface area contributed by atoms with Crippen LogP contribution in [0.2, 0.25) is 0 Å². The zero-order valence-electron chi connectivity index (χ0n) is 37.7. The Labute approximate surface area is 414 Å². The van der Waals surface area contributed by atoms with Crippen LogP contribution in [0.5, 0.6) is 0 Å². The largest absolute Gasteiger partial charge is 1.00 e. The molecule has 0 N–H and O–H groups in total. The number of hydrogen-bond donors (Lipinski definition) is 0. The molecule has 3 heteroatoms. The fraction of sp³-hybridized carbons (Fsp3) is 0.145. The van der Waals surface area contributed by atoms with E-state index in [0.717, 1.165) is 6.54 Å². The molecule has 0 radical (unpaired) electrons. The summed E-state index contributed by atoms with van der Waals surface area (Å²) in [5.41, 5.74) is 16.1. The maximum Gasteiger partial charge on any atom is 0.168 e. The van der Waals surface area contributed by atoms with E-state index in [0.29, 0.717) is 23.7 Å². The van der Waals surface area contributed by atoms with Gasteiger partial charge in [0, 0.05) is 59.2 Å². The van der Waals surface area contributed by atoms with Crippen molar-refractivity contribution in [1.29, 1.82) is 0 Å². The van der Waals surface area contributed by atoms with Gasteiger partial charge < -0.3 is 24.0 Å². The van der Waals surface area contributed by atoms with Crippen LogP contribution in [-0.4, -0.2) is 18.5 Å². The SMILES string of the molecule is CN1CC23c4c5c6c7c8c9c%10c%11c%12c%13c%14c(c%15c%16c%17c%18c%19c(c4c4c%20c5c7c5c9c7c9c%10c%10c%12c%12c%13c%15c%17c%13c%12c%12c%10c9c9c%10c7c5c%20c5c4c%19c4c%18c%13c%12c9c4c5%10)C%162)C3(C6C%14C8%11)C1c1cc[n+](C)cc1.[I-]. The van der Waals surface area contributed by atoms with Crippen LogP contribution in [0.25, 0.3) is 248 Å². The third-order valence-electron chi connectivity index (χ3n) is 27.3. The van der Waals surface area contributed by atoms with Crippen molar-refractivity contribution in [2.24, 2.45) is 7.05 Å². The molecule has 1 fully saturated rings.